The lowest BCUT2D eigenvalue weighted by atomic mass is 10.1. The molecule has 1 fully saturated rings. The first-order valence-corrected chi connectivity index (χ1v) is 6.51. The molecule has 2 rings (SSSR count). The van der Waals surface area contributed by atoms with Crippen LogP contribution in [0.2, 0.25) is 0 Å². The molecule has 0 aromatic heterocycles. The molecular weight excluding hydrogens is 341 g/mol. The number of rotatable bonds is 2. The van der Waals surface area contributed by atoms with Gasteiger partial charge in [-0.05, 0) is 18.2 Å². The van der Waals surface area contributed by atoms with Crippen molar-refractivity contribution in [2.45, 2.75) is 12.6 Å². The smallest absolute Gasteiger partial charge is 0.355 e. The minimum Gasteiger partial charge on any atom is -0.355 e. The topological polar surface area (TPSA) is 58.2 Å². The van der Waals surface area contributed by atoms with E-state index in [1.807, 2.05) is 0 Å². The fourth-order valence-electron chi connectivity index (χ4n) is 1.89. The van der Waals surface area contributed by atoms with Gasteiger partial charge >= 0.3 is 6.18 Å². The van der Waals surface area contributed by atoms with Gasteiger partial charge in [-0.25, -0.2) is 0 Å². The number of anilines is 1. The van der Waals surface area contributed by atoms with E-state index in [0.717, 1.165) is 6.07 Å². The Morgan fingerprint density at radius 2 is 2.10 bits per heavy atom. The molecule has 2 amide bonds. The number of alkyl halides is 3. The van der Waals surface area contributed by atoms with Crippen LogP contribution in [-0.4, -0.2) is 18.4 Å². The molecule has 1 aliphatic heterocycles. The van der Waals surface area contributed by atoms with Crippen LogP contribution in [0.5, 0.6) is 0 Å². The third kappa shape index (κ3) is 3.30. The summed E-state index contributed by atoms with van der Waals surface area (Å²) in [6.45, 7) is 0.141. The second kappa shape index (κ2) is 5.43. The molecule has 2 N–H and O–H groups in total. The van der Waals surface area contributed by atoms with Crippen molar-refractivity contribution in [1.82, 2.24) is 5.32 Å². The zero-order valence-corrected chi connectivity index (χ0v) is 11.6. The van der Waals surface area contributed by atoms with Crippen molar-refractivity contribution in [2.75, 3.05) is 11.9 Å². The summed E-state index contributed by atoms with van der Waals surface area (Å²) in [4.78, 5) is 22.8. The van der Waals surface area contributed by atoms with Gasteiger partial charge in [0.2, 0.25) is 11.8 Å². The molecule has 0 aliphatic carbocycles. The predicted molar refractivity (Wildman–Crippen MR) is 68.9 cm³/mol. The van der Waals surface area contributed by atoms with E-state index in [4.69, 9.17) is 0 Å². The number of hydrogen-bond acceptors (Lipinski definition) is 2. The van der Waals surface area contributed by atoms with Crippen LogP contribution in [0, 0.1) is 5.92 Å². The van der Waals surface area contributed by atoms with Crippen LogP contribution in [0.4, 0.5) is 18.9 Å². The maximum Gasteiger partial charge on any atom is 0.418 e. The summed E-state index contributed by atoms with van der Waals surface area (Å²) in [6.07, 6.45) is -4.58. The Kier molecular flexibility index (Phi) is 4.03. The van der Waals surface area contributed by atoms with Crippen LogP contribution < -0.4 is 10.6 Å². The average molecular weight is 351 g/mol. The third-order valence-corrected chi connectivity index (χ3v) is 3.39. The zero-order valence-electron chi connectivity index (χ0n) is 10.1. The highest BCUT2D eigenvalue weighted by Crippen LogP contribution is 2.36. The maximum absolute atomic E-state index is 12.9. The average Bonchev–Trinajstić information content (AvgIpc) is 2.77. The highest BCUT2D eigenvalue weighted by atomic mass is 79.9. The molecule has 1 heterocycles. The number of benzene rings is 1. The van der Waals surface area contributed by atoms with Crippen LogP contribution in [0.3, 0.4) is 0 Å². The summed E-state index contributed by atoms with van der Waals surface area (Å²) >= 11 is 2.96. The molecular formula is C12H10BrF3N2O2. The summed E-state index contributed by atoms with van der Waals surface area (Å²) in [5, 5.41) is 4.70. The lowest BCUT2D eigenvalue weighted by molar-refractivity contribution is -0.137. The minimum absolute atomic E-state index is 0.0102. The minimum atomic E-state index is -4.57. The van der Waals surface area contributed by atoms with Crippen LogP contribution in [0.25, 0.3) is 0 Å². The van der Waals surface area contributed by atoms with Gasteiger partial charge in [-0.3, -0.25) is 9.59 Å². The first-order valence-electron chi connectivity index (χ1n) is 5.71. The molecule has 1 aromatic carbocycles. The van der Waals surface area contributed by atoms with E-state index in [-0.39, 0.29) is 29.0 Å². The van der Waals surface area contributed by atoms with E-state index in [1.165, 1.54) is 12.1 Å². The highest BCUT2D eigenvalue weighted by Gasteiger charge is 2.35. The van der Waals surface area contributed by atoms with E-state index in [2.05, 4.69) is 26.6 Å². The van der Waals surface area contributed by atoms with Gasteiger partial charge in [-0.2, -0.15) is 13.2 Å². The Balaban J connectivity index is 2.21. The Bertz CT molecular complexity index is 560. The molecule has 1 aliphatic rings. The molecule has 4 nitrogen and oxygen atoms in total. The van der Waals surface area contributed by atoms with Gasteiger partial charge in [-0.15, -0.1) is 0 Å². The number of nitrogens with one attached hydrogen (secondary N) is 2. The monoisotopic (exact) mass is 350 g/mol. The van der Waals surface area contributed by atoms with Crippen molar-refractivity contribution < 1.29 is 22.8 Å². The fourth-order valence-corrected chi connectivity index (χ4v) is 2.25. The largest absolute Gasteiger partial charge is 0.418 e. The molecule has 8 heteroatoms. The molecule has 0 bridgehead atoms. The fraction of sp³-hybridized carbons (Fsp3) is 0.333. The van der Waals surface area contributed by atoms with Crippen molar-refractivity contribution >= 4 is 33.4 Å². The molecule has 108 valence electrons. The van der Waals surface area contributed by atoms with Crippen molar-refractivity contribution in [1.29, 1.82) is 0 Å². The summed E-state index contributed by atoms with van der Waals surface area (Å²) in [5.41, 5.74) is -1.25. The standard InChI is InChI=1S/C12H10BrF3N2O2/c13-7-1-2-9(8(4-7)12(14,15)16)18-11(20)6-3-10(19)17-5-6/h1-2,4,6H,3,5H2,(H,17,19)(H,18,20). The van der Waals surface area contributed by atoms with E-state index in [0.29, 0.717) is 0 Å². The quantitative estimate of drug-likeness (QED) is 0.861. The summed E-state index contributed by atoms with van der Waals surface area (Å²) < 4.78 is 38.9. The molecule has 0 saturated carbocycles. The van der Waals surface area contributed by atoms with E-state index in [1.54, 1.807) is 0 Å². The SMILES string of the molecule is O=C1CC(C(=O)Nc2ccc(Br)cc2C(F)(F)F)CN1. The van der Waals surface area contributed by atoms with E-state index >= 15 is 0 Å². The predicted octanol–water partition coefficient (Wildman–Crippen LogP) is 2.54. The molecule has 1 unspecified atom stereocenters. The van der Waals surface area contributed by atoms with Crippen LogP contribution in [0.1, 0.15) is 12.0 Å². The lowest BCUT2D eigenvalue weighted by Gasteiger charge is -2.15. The van der Waals surface area contributed by atoms with Crippen LogP contribution in [-0.2, 0) is 15.8 Å². The number of halogens is 4. The van der Waals surface area contributed by atoms with Gasteiger partial charge in [0.25, 0.3) is 0 Å². The van der Waals surface area contributed by atoms with Gasteiger partial charge in [0.05, 0.1) is 17.2 Å². The van der Waals surface area contributed by atoms with E-state index < -0.39 is 23.6 Å². The lowest BCUT2D eigenvalue weighted by Crippen LogP contribution is -2.26. The molecule has 0 spiro atoms. The summed E-state index contributed by atoms with van der Waals surface area (Å²) in [5.74, 6) is -1.53. The summed E-state index contributed by atoms with van der Waals surface area (Å²) in [7, 11) is 0. The normalized spacial score (nSPS) is 18.8. The van der Waals surface area contributed by atoms with Crippen molar-refractivity contribution in [3.63, 3.8) is 0 Å². The second-order valence-electron chi connectivity index (χ2n) is 4.38. The number of carbonyl (C=O) groups is 2. The van der Waals surface area contributed by atoms with Crippen LogP contribution in [0.15, 0.2) is 22.7 Å². The zero-order chi connectivity index (χ0) is 14.9. The first kappa shape index (κ1) is 14.8. The van der Waals surface area contributed by atoms with E-state index in [9.17, 15) is 22.8 Å². The second-order valence-corrected chi connectivity index (χ2v) is 5.30. The Labute approximate surface area is 120 Å². The third-order valence-electron chi connectivity index (χ3n) is 2.89. The highest BCUT2D eigenvalue weighted by molar-refractivity contribution is 9.10. The maximum atomic E-state index is 12.9. The molecule has 0 radical (unpaired) electrons. The van der Waals surface area contributed by atoms with Gasteiger partial charge in [-0.1, -0.05) is 15.9 Å². The Morgan fingerprint density at radius 1 is 1.40 bits per heavy atom. The molecule has 20 heavy (non-hydrogen) atoms. The summed E-state index contributed by atoms with van der Waals surface area (Å²) in [6, 6.07) is 3.48. The van der Waals surface area contributed by atoms with Crippen molar-refractivity contribution in [3.8, 4) is 0 Å². The molecule has 1 aromatic rings. The molecule has 1 atom stereocenters. The van der Waals surface area contributed by atoms with Crippen molar-refractivity contribution in [3.05, 3.63) is 28.2 Å². The number of carbonyl (C=O) groups excluding carboxylic acids is 2. The van der Waals surface area contributed by atoms with Gasteiger partial charge in [0, 0.05) is 17.4 Å². The van der Waals surface area contributed by atoms with Crippen LogP contribution >= 0.6 is 15.9 Å². The molecule has 1 saturated heterocycles. The van der Waals surface area contributed by atoms with Crippen molar-refractivity contribution in [2.24, 2.45) is 5.92 Å². The number of amides is 2. The Morgan fingerprint density at radius 3 is 2.65 bits per heavy atom. The van der Waals surface area contributed by atoms with Gasteiger partial charge < -0.3 is 10.6 Å². The Hall–Kier alpha value is -1.57. The number of hydrogen-bond donors (Lipinski definition) is 2. The first-order chi connectivity index (χ1) is 9.27. The van der Waals surface area contributed by atoms with Gasteiger partial charge in [0.15, 0.2) is 0 Å². The van der Waals surface area contributed by atoms with Gasteiger partial charge in [0.1, 0.15) is 0 Å².